The maximum absolute atomic E-state index is 11.5. The number of carboxylic acid groups (broad SMARTS) is 2. The van der Waals surface area contributed by atoms with Gasteiger partial charge in [0.25, 0.3) is 0 Å². The molecule has 0 amide bonds. The molecular weight excluding hydrogens is 232 g/mol. The first-order valence-electron chi connectivity index (χ1n) is 6.28. The van der Waals surface area contributed by atoms with Crippen molar-refractivity contribution in [1.29, 1.82) is 0 Å². The van der Waals surface area contributed by atoms with Gasteiger partial charge in [-0.25, -0.2) is 0 Å². The van der Waals surface area contributed by atoms with Crippen molar-refractivity contribution in [2.75, 3.05) is 0 Å². The molecule has 4 nitrogen and oxygen atoms in total. The predicted molar refractivity (Wildman–Crippen MR) is 70.4 cm³/mol. The summed E-state index contributed by atoms with van der Waals surface area (Å²) in [5.41, 5.74) is -1.68. The lowest BCUT2D eigenvalue weighted by atomic mass is 9.47. The lowest BCUT2D eigenvalue weighted by Crippen LogP contribution is -2.56. The van der Waals surface area contributed by atoms with Gasteiger partial charge < -0.3 is 10.2 Å². The second-order valence-corrected chi connectivity index (χ2v) is 6.93. The molecule has 0 fully saturated rings. The molecule has 0 aromatic carbocycles. The summed E-state index contributed by atoms with van der Waals surface area (Å²) >= 11 is 0. The van der Waals surface area contributed by atoms with Crippen LogP contribution in [0.2, 0.25) is 0 Å². The Morgan fingerprint density at radius 2 is 1.17 bits per heavy atom. The highest BCUT2D eigenvalue weighted by molar-refractivity contribution is 5.94. The summed E-state index contributed by atoms with van der Waals surface area (Å²) in [6.07, 6.45) is 0.503. The fourth-order valence-corrected chi connectivity index (χ4v) is 3.78. The number of carbonyl (C=O) groups is 2. The third-order valence-electron chi connectivity index (χ3n) is 4.22. The van der Waals surface area contributed by atoms with Crippen LogP contribution in [0.3, 0.4) is 0 Å². The van der Waals surface area contributed by atoms with E-state index in [1.54, 1.807) is 0 Å². The molecule has 0 spiro atoms. The Morgan fingerprint density at radius 3 is 1.22 bits per heavy atom. The van der Waals surface area contributed by atoms with Crippen LogP contribution < -0.4 is 0 Å². The molecular formula is C14H26O4. The number of rotatable bonds is 4. The smallest absolute Gasteiger partial charge is 0.318 e. The average Bonchev–Trinajstić information content (AvgIpc) is 2.07. The molecule has 0 bridgehead atoms. The molecule has 2 N–H and O–H groups in total. The van der Waals surface area contributed by atoms with Crippen LogP contribution in [0.25, 0.3) is 0 Å². The molecule has 0 aromatic heterocycles. The SMILES string of the molecule is CCC(C(C(=O)O)C(=O)O)(C(C)(C)C)C(C)(C)C. The second-order valence-electron chi connectivity index (χ2n) is 6.93. The van der Waals surface area contributed by atoms with Gasteiger partial charge in [-0.2, -0.15) is 0 Å². The number of carboxylic acids is 2. The van der Waals surface area contributed by atoms with Gasteiger partial charge in [0.2, 0.25) is 0 Å². The molecule has 0 saturated heterocycles. The summed E-state index contributed by atoms with van der Waals surface area (Å²) in [5.74, 6) is -3.91. The maximum atomic E-state index is 11.5. The highest BCUT2D eigenvalue weighted by Gasteiger charge is 2.59. The van der Waals surface area contributed by atoms with E-state index in [1.807, 2.05) is 48.5 Å². The normalized spacial score (nSPS) is 13.8. The van der Waals surface area contributed by atoms with Crippen molar-refractivity contribution in [2.24, 2.45) is 22.2 Å². The maximum Gasteiger partial charge on any atom is 0.318 e. The van der Waals surface area contributed by atoms with Crippen molar-refractivity contribution < 1.29 is 19.8 Å². The first-order valence-corrected chi connectivity index (χ1v) is 6.28. The van der Waals surface area contributed by atoms with Crippen molar-refractivity contribution in [3.8, 4) is 0 Å². The molecule has 18 heavy (non-hydrogen) atoms. The Labute approximate surface area is 109 Å². The van der Waals surface area contributed by atoms with E-state index in [0.29, 0.717) is 6.42 Å². The minimum atomic E-state index is -1.40. The fraction of sp³-hybridized carbons (Fsp3) is 0.857. The van der Waals surface area contributed by atoms with Gasteiger partial charge in [0.15, 0.2) is 5.92 Å². The zero-order chi connectivity index (χ0) is 14.9. The molecule has 0 saturated carbocycles. The van der Waals surface area contributed by atoms with Crippen LogP contribution in [0.4, 0.5) is 0 Å². The van der Waals surface area contributed by atoms with Crippen molar-refractivity contribution >= 4 is 11.9 Å². The predicted octanol–water partition coefficient (Wildman–Crippen LogP) is 3.26. The number of hydrogen-bond acceptors (Lipinski definition) is 2. The van der Waals surface area contributed by atoms with Gasteiger partial charge in [0.05, 0.1) is 0 Å². The second kappa shape index (κ2) is 4.90. The van der Waals surface area contributed by atoms with E-state index in [4.69, 9.17) is 0 Å². The van der Waals surface area contributed by atoms with Gasteiger partial charge >= 0.3 is 11.9 Å². The quantitative estimate of drug-likeness (QED) is 0.759. The van der Waals surface area contributed by atoms with Crippen LogP contribution in [0.15, 0.2) is 0 Å². The Morgan fingerprint density at radius 1 is 0.889 bits per heavy atom. The van der Waals surface area contributed by atoms with Crippen LogP contribution >= 0.6 is 0 Å². The lowest BCUT2D eigenvalue weighted by molar-refractivity contribution is -0.178. The van der Waals surface area contributed by atoms with E-state index in [-0.39, 0.29) is 0 Å². The number of aliphatic carboxylic acids is 2. The molecule has 0 atom stereocenters. The van der Waals surface area contributed by atoms with Crippen LogP contribution in [-0.2, 0) is 9.59 Å². The molecule has 4 heteroatoms. The molecule has 0 radical (unpaired) electrons. The topological polar surface area (TPSA) is 74.6 Å². The summed E-state index contributed by atoms with van der Waals surface area (Å²) in [6, 6.07) is 0. The third kappa shape index (κ3) is 2.52. The van der Waals surface area contributed by atoms with Crippen molar-refractivity contribution in [2.45, 2.75) is 54.9 Å². The highest BCUT2D eigenvalue weighted by atomic mass is 16.4. The Bertz CT molecular complexity index is 303. The Hall–Kier alpha value is -1.06. The first kappa shape index (κ1) is 16.9. The summed E-state index contributed by atoms with van der Waals surface area (Å²) in [4.78, 5) is 22.9. The van der Waals surface area contributed by atoms with E-state index in [1.165, 1.54) is 0 Å². The molecule has 0 aromatic rings. The van der Waals surface area contributed by atoms with E-state index >= 15 is 0 Å². The van der Waals surface area contributed by atoms with E-state index < -0.39 is 34.1 Å². The zero-order valence-corrected chi connectivity index (χ0v) is 12.5. The highest BCUT2D eigenvalue weighted by Crippen LogP contribution is 2.58. The van der Waals surface area contributed by atoms with Gasteiger partial charge in [0.1, 0.15) is 0 Å². The largest absolute Gasteiger partial charge is 0.481 e. The van der Waals surface area contributed by atoms with E-state index in [2.05, 4.69) is 0 Å². The van der Waals surface area contributed by atoms with Crippen LogP contribution in [0.5, 0.6) is 0 Å². The lowest BCUT2D eigenvalue weighted by Gasteiger charge is -2.55. The van der Waals surface area contributed by atoms with Gasteiger partial charge in [-0.3, -0.25) is 9.59 Å². The van der Waals surface area contributed by atoms with Crippen LogP contribution in [0, 0.1) is 22.2 Å². The molecule has 0 aliphatic rings. The van der Waals surface area contributed by atoms with Crippen molar-refractivity contribution in [3.63, 3.8) is 0 Å². The van der Waals surface area contributed by atoms with Crippen LogP contribution in [-0.4, -0.2) is 22.2 Å². The first-order chi connectivity index (χ1) is 7.83. The fourth-order valence-electron chi connectivity index (χ4n) is 3.78. The molecule has 0 unspecified atom stereocenters. The van der Waals surface area contributed by atoms with Crippen molar-refractivity contribution in [3.05, 3.63) is 0 Å². The van der Waals surface area contributed by atoms with Gasteiger partial charge in [-0.15, -0.1) is 0 Å². The van der Waals surface area contributed by atoms with E-state index in [9.17, 15) is 19.8 Å². The number of hydrogen-bond donors (Lipinski definition) is 2. The zero-order valence-electron chi connectivity index (χ0n) is 12.5. The van der Waals surface area contributed by atoms with Gasteiger partial charge in [-0.05, 0) is 17.3 Å². The molecule has 0 heterocycles. The van der Waals surface area contributed by atoms with Crippen molar-refractivity contribution in [1.82, 2.24) is 0 Å². The third-order valence-corrected chi connectivity index (χ3v) is 4.22. The van der Waals surface area contributed by atoms with Gasteiger partial charge in [0, 0.05) is 5.41 Å². The Kier molecular flexibility index (Phi) is 4.61. The summed E-state index contributed by atoms with van der Waals surface area (Å²) in [7, 11) is 0. The summed E-state index contributed by atoms with van der Waals surface area (Å²) < 4.78 is 0. The minimum Gasteiger partial charge on any atom is -0.481 e. The average molecular weight is 258 g/mol. The molecule has 0 rings (SSSR count). The summed E-state index contributed by atoms with van der Waals surface area (Å²) in [5, 5.41) is 18.7. The monoisotopic (exact) mass is 258 g/mol. The van der Waals surface area contributed by atoms with E-state index in [0.717, 1.165) is 0 Å². The van der Waals surface area contributed by atoms with Crippen LogP contribution in [0.1, 0.15) is 54.9 Å². The minimum absolute atomic E-state index is 0.429. The van der Waals surface area contributed by atoms with Gasteiger partial charge in [-0.1, -0.05) is 48.5 Å². The molecule has 0 aliphatic heterocycles. The molecule has 0 aliphatic carbocycles. The Balaban J connectivity index is 6.20. The molecule has 106 valence electrons. The standard InChI is InChI=1S/C14H26O4/c1-8-14(12(2,3)4,13(5,6)7)9(10(15)16)11(17)18/h9H,8H2,1-7H3,(H,15,16)(H,17,18). The summed E-state index contributed by atoms with van der Waals surface area (Å²) in [6.45, 7) is 13.4.